The van der Waals surface area contributed by atoms with Crippen LogP contribution in [0.3, 0.4) is 0 Å². The number of nitrogens with two attached hydrogens (primary N) is 1. The van der Waals surface area contributed by atoms with Crippen LogP contribution in [0.5, 0.6) is 5.75 Å². The number of anilines is 3. The summed E-state index contributed by atoms with van der Waals surface area (Å²) in [6, 6.07) is 16.9. The molecule has 0 saturated carbocycles. The lowest BCUT2D eigenvalue weighted by atomic mass is 10.1. The van der Waals surface area contributed by atoms with Crippen molar-refractivity contribution in [1.82, 2.24) is 15.0 Å². The van der Waals surface area contributed by atoms with Gasteiger partial charge in [-0.3, -0.25) is 0 Å². The number of para-hydroxylation sites is 2. The molecule has 0 aliphatic carbocycles. The standard InChI is InChI=1S/C21H23N5O3/c1-3-15-9-7-8-12-17(15)23-21-25-18(24-20(22)26-21)13-28-19(27)14(2)29-16-10-5-4-6-11-16/h4-12,14H,3,13H2,1-2H3,(H3,22,23,24,25,26)/t14-/m0/s1. The zero-order chi connectivity index (χ0) is 20.6. The predicted octanol–water partition coefficient (Wildman–Crippen LogP) is 3.27. The number of rotatable bonds is 8. The number of hydrogen-bond acceptors (Lipinski definition) is 8. The van der Waals surface area contributed by atoms with Gasteiger partial charge in [0.25, 0.3) is 0 Å². The molecule has 0 aliphatic heterocycles. The van der Waals surface area contributed by atoms with E-state index in [2.05, 4.69) is 27.2 Å². The maximum atomic E-state index is 12.2. The quantitative estimate of drug-likeness (QED) is 0.561. The van der Waals surface area contributed by atoms with Gasteiger partial charge in [0.05, 0.1) is 0 Å². The summed E-state index contributed by atoms with van der Waals surface area (Å²) in [6.07, 6.45) is 0.0821. The largest absolute Gasteiger partial charge is 0.479 e. The van der Waals surface area contributed by atoms with Crippen molar-refractivity contribution in [2.75, 3.05) is 11.1 Å². The number of nitrogens with one attached hydrogen (secondary N) is 1. The summed E-state index contributed by atoms with van der Waals surface area (Å²) in [4.78, 5) is 24.6. The van der Waals surface area contributed by atoms with Crippen LogP contribution in [0.25, 0.3) is 0 Å². The minimum atomic E-state index is -0.773. The first-order valence-electron chi connectivity index (χ1n) is 9.29. The first-order valence-corrected chi connectivity index (χ1v) is 9.29. The normalized spacial score (nSPS) is 11.5. The molecule has 1 heterocycles. The van der Waals surface area contributed by atoms with Crippen LogP contribution in [-0.2, 0) is 22.6 Å². The van der Waals surface area contributed by atoms with Crippen LogP contribution in [-0.4, -0.2) is 27.0 Å². The minimum absolute atomic E-state index is 0.0381. The summed E-state index contributed by atoms with van der Waals surface area (Å²) in [5.74, 6) is 0.629. The molecule has 2 aromatic carbocycles. The monoisotopic (exact) mass is 393 g/mol. The molecule has 1 aromatic heterocycles. The lowest BCUT2D eigenvalue weighted by molar-refractivity contribution is -0.152. The Labute approximate surface area is 169 Å². The van der Waals surface area contributed by atoms with E-state index in [4.69, 9.17) is 15.2 Å². The summed E-state index contributed by atoms with van der Waals surface area (Å²) < 4.78 is 10.8. The van der Waals surface area contributed by atoms with Gasteiger partial charge in [0.2, 0.25) is 11.9 Å². The van der Waals surface area contributed by atoms with Gasteiger partial charge in [-0.25, -0.2) is 4.79 Å². The number of aromatic nitrogens is 3. The summed E-state index contributed by atoms with van der Waals surface area (Å²) in [5.41, 5.74) is 7.78. The molecule has 3 rings (SSSR count). The molecule has 3 N–H and O–H groups in total. The van der Waals surface area contributed by atoms with Gasteiger partial charge < -0.3 is 20.5 Å². The second kappa shape index (κ2) is 9.50. The summed E-state index contributed by atoms with van der Waals surface area (Å²) in [7, 11) is 0. The summed E-state index contributed by atoms with van der Waals surface area (Å²) in [5, 5.41) is 3.14. The van der Waals surface area contributed by atoms with Crippen molar-refractivity contribution in [3.05, 3.63) is 66.0 Å². The van der Waals surface area contributed by atoms with Gasteiger partial charge in [0, 0.05) is 5.69 Å². The third-order valence-electron chi connectivity index (χ3n) is 4.08. The van der Waals surface area contributed by atoms with Gasteiger partial charge in [-0.15, -0.1) is 0 Å². The number of benzene rings is 2. The van der Waals surface area contributed by atoms with Crippen molar-refractivity contribution in [2.45, 2.75) is 33.0 Å². The number of nitrogen functional groups attached to an aromatic ring is 1. The first-order chi connectivity index (χ1) is 14.0. The van der Waals surface area contributed by atoms with E-state index in [-0.39, 0.29) is 24.3 Å². The summed E-state index contributed by atoms with van der Waals surface area (Å²) >= 11 is 0. The Bertz CT molecular complexity index is 966. The van der Waals surface area contributed by atoms with E-state index < -0.39 is 12.1 Å². The highest BCUT2D eigenvalue weighted by Gasteiger charge is 2.17. The second-order valence-electron chi connectivity index (χ2n) is 6.25. The molecule has 0 bridgehead atoms. The van der Waals surface area contributed by atoms with Crippen LogP contribution >= 0.6 is 0 Å². The molecule has 0 radical (unpaired) electrons. The number of ether oxygens (including phenoxy) is 2. The number of nitrogens with zero attached hydrogens (tertiary/aromatic N) is 3. The van der Waals surface area contributed by atoms with Crippen molar-refractivity contribution < 1.29 is 14.3 Å². The Morgan fingerprint density at radius 2 is 1.79 bits per heavy atom. The predicted molar refractivity (Wildman–Crippen MR) is 110 cm³/mol. The van der Waals surface area contributed by atoms with Crippen molar-refractivity contribution >= 4 is 23.6 Å². The van der Waals surface area contributed by atoms with Crippen molar-refractivity contribution in [1.29, 1.82) is 0 Å². The highest BCUT2D eigenvalue weighted by molar-refractivity contribution is 5.74. The van der Waals surface area contributed by atoms with E-state index >= 15 is 0 Å². The van der Waals surface area contributed by atoms with Gasteiger partial charge in [0.1, 0.15) is 5.75 Å². The van der Waals surface area contributed by atoms with E-state index in [1.54, 1.807) is 19.1 Å². The number of aryl methyl sites for hydroxylation is 1. The van der Waals surface area contributed by atoms with Crippen LogP contribution in [0, 0.1) is 0 Å². The molecule has 8 heteroatoms. The number of esters is 1. The Morgan fingerprint density at radius 1 is 1.07 bits per heavy atom. The zero-order valence-corrected chi connectivity index (χ0v) is 16.3. The average molecular weight is 393 g/mol. The molecular formula is C21H23N5O3. The molecule has 0 aliphatic rings. The Balaban J connectivity index is 1.63. The topological polar surface area (TPSA) is 112 Å². The molecule has 3 aromatic rings. The van der Waals surface area contributed by atoms with Crippen LogP contribution in [0.4, 0.5) is 17.6 Å². The molecule has 1 atom stereocenters. The van der Waals surface area contributed by atoms with Gasteiger partial charge in [-0.1, -0.05) is 43.3 Å². The maximum Gasteiger partial charge on any atom is 0.347 e. The lowest BCUT2D eigenvalue weighted by Gasteiger charge is -2.14. The van der Waals surface area contributed by atoms with E-state index in [1.807, 2.05) is 42.5 Å². The molecule has 0 amide bonds. The lowest BCUT2D eigenvalue weighted by Crippen LogP contribution is -2.26. The van der Waals surface area contributed by atoms with Crippen LogP contribution in [0.1, 0.15) is 25.2 Å². The molecule has 0 spiro atoms. The van der Waals surface area contributed by atoms with Crippen LogP contribution in [0.15, 0.2) is 54.6 Å². The SMILES string of the molecule is CCc1ccccc1Nc1nc(N)nc(COC(=O)[C@H](C)Oc2ccccc2)n1. The smallest absolute Gasteiger partial charge is 0.347 e. The van der Waals surface area contributed by atoms with E-state index in [9.17, 15) is 4.79 Å². The third kappa shape index (κ3) is 5.65. The van der Waals surface area contributed by atoms with E-state index in [1.165, 1.54) is 0 Å². The number of carbonyl (C=O) groups is 1. The van der Waals surface area contributed by atoms with E-state index in [0.29, 0.717) is 5.75 Å². The van der Waals surface area contributed by atoms with Crippen LogP contribution in [0.2, 0.25) is 0 Å². The highest BCUT2D eigenvalue weighted by atomic mass is 16.6. The van der Waals surface area contributed by atoms with Crippen molar-refractivity contribution in [3.63, 3.8) is 0 Å². The molecule has 0 unspecified atom stereocenters. The molecule has 150 valence electrons. The minimum Gasteiger partial charge on any atom is -0.479 e. The van der Waals surface area contributed by atoms with Gasteiger partial charge >= 0.3 is 5.97 Å². The fraction of sp³-hybridized carbons (Fsp3) is 0.238. The van der Waals surface area contributed by atoms with Crippen molar-refractivity contribution in [2.24, 2.45) is 0 Å². The molecule has 8 nitrogen and oxygen atoms in total. The average Bonchev–Trinajstić information content (AvgIpc) is 2.72. The van der Waals surface area contributed by atoms with Gasteiger partial charge in [-0.05, 0) is 37.1 Å². The molecular weight excluding hydrogens is 370 g/mol. The molecule has 29 heavy (non-hydrogen) atoms. The van der Waals surface area contributed by atoms with Gasteiger partial charge in [-0.2, -0.15) is 15.0 Å². The fourth-order valence-corrected chi connectivity index (χ4v) is 2.63. The van der Waals surface area contributed by atoms with Gasteiger partial charge in [0.15, 0.2) is 18.5 Å². The second-order valence-corrected chi connectivity index (χ2v) is 6.25. The van der Waals surface area contributed by atoms with E-state index in [0.717, 1.165) is 17.7 Å². The Kier molecular flexibility index (Phi) is 6.57. The number of hydrogen-bond donors (Lipinski definition) is 2. The third-order valence-corrected chi connectivity index (χ3v) is 4.08. The first kappa shape index (κ1) is 20.1. The molecule has 0 fully saturated rings. The highest BCUT2D eigenvalue weighted by Crippen LogP contribution is 2.19. The zero-order valence-electron chi connectivity index (χ0n) is 16.3. The Morgan fingerprint density at radius 3 is 2.55 bits per heavy atom. The Hall–Kier alpha value is -3.68. The molecule has 0 saturated heterocycles. The van der Waals surface area contributed by atoms with Crippen molar-refractivity contribution in [3.8, 4) is 5.75 Å². The summed E-state index contributed by atoms with van der Waals surface area (Å²) in [6.45, 7) is 3.54. The maximum absolute atomic E-state index is 12.2. The number of carbonyl (C=O) groups excluding carboxylic acids is 1. The fourth-order valence-electron chi connectivity index (χ4n) is 2.63. The van der Waals surface area contributed by atoms with Crippen LogP contribution < -0.4 is 15.8 Å².